The van der Waals surface area contributed by atoms with Gasteiger partial charge in [0.15, 0.2) is 6.10 Å². The molecule has 50 heavy (non-hydrogen) atoms. The van der Waals surface area contributed by atoms with E-state index in [1.807, 2.05) is 53.1 Å². The minimum atomic E-state index is -0.995. The van der Waals surface area contributed by atoms with Gasteiger partial charge >= 0.3 is 17.8 Å². The van der Waals surface area contributed by atoms with E-state index in [9.17, 15) is 19.2 Å². The molecule has 0 saturated carbocycles. The first-order chi connectivity index (χ1) is 24.0. The fourth-order valence-electron chi connectivity index (χ4n) is 8.35. The Bertz CT molecular complexity index is 1770. The van der Waals surface area contributed by atoms with Gasteiger partial charge in [-0.3, -0.25) is 4.79 Å². The number of aromatic amines is 2. The molecule has 3 N–H and O–H groups in total. The Morgan fingerprint density at radius 1 is 0.880 bits per heavy atom. The monoisotopic (exact) mass is 685 g/mol. The Morgan fingerprint density at radius 2 is 1.56 bits per heavy atom. The van der Waals surface area contributed by atoms with Crippen LogP contribution in [0.5, 0.6) is 0 Å². The van der Waals surface area contributed by atoms with Crippen LogP contribution in [0.25, 0.3) is 11.0 Å². The summed E-state index contributed by atoms with van der Waals surface area (Å²) >= 11 is 0. The molecule has 12 heteroatoms. The van der Waals surface area contributed by atoms with Gasteiger partial charge < -0.3 is 39.6 Å². The molecule has 1 aromatic heterocycles. The smallest absolute Gasteiger partial charge is 0.410 e. The minimum absolute atomic E-state index is 0.0104. The molecule has 268 valence electrons. The molecule has 3 aromatic rings. The van der Waals surface area contributed by atoms with Gasteiger partial charge in [0.05, 0.1) is 11.0 Å². The van der Waals surface area contributed by atoms with Crippen molar-refractivity contribution in [1.29, 1.82) is 0 Å². The predicted molar refractivity (Wildman–Crippen MR) is 192 cm³/mol. The van der Waals surface area contributed by atoms with Crippen molar-refractivity contribution >= 4 is 34.8 Å². The number of H-pyrrole nitrogens is 2. The Morgan fingerprint density at radius 3 is 2.30 bits per heavy atom. The molecular weight excluding hydrogens is 634 g/mol. The lowest BCUT2D eigenvalue weighted by atomic mass is 9.82. The van der Waals surface area contributed by atoms with Crippen molar-refractivity contribution in [2.45, 2.75) is 90.3 Å². The van der Waals surface area contributed by atoms with Gasteiger partial charge in [-0.15, -0.1) is 0 Å². The molecule has 3 fully saturated rings. The molecule has 1 atom stereocenters. The highest BCUT2D eigenvalue weighted by Crippen LogP contribution is 2.33. The van der Waals surface area contributed by atoms with E-state index in [0.29, 0.717) is 62.5 Å². The highest BCUT2D eigenvalue weighted by Gasteiger charge is 2.37. The van der Waals surface area contributed by atoms with E-state index in [0.717, 1.165) is 60.2 Å². The quantitative estimate of drug-likeness (QED) is 0.339. The number of imidazole rings is 1. The lowest BCUT2D eigenvalue weighted by Gasteiger charge is -2.44. The van der Waals surface area contributed by atoms with E-state index in [2.05, 4.69) is 34.0 Å². The number of carbonyl (C=O) groups is 3. The van der Waals surface area contributed by atoms with Crippen molar-refractivity contribution < 1.29 is 19.1 Å². The predicted octanol–water partition coefficient (Wildman–Crippen LogP) is 4.88. The van der Waals surface area contributed by atoms with Crippen LogP contribution in [0, 0.1) is 12.3 Å². The molecule has 0 unspecified atom stereocenters. The molecule has 4 aliphatic heterocycles. The summed E-state index contributed by atoms with van der Waals surface area (Å²) in [6.45, 7) is 11.6. The van der Waals surface area contributed by atoms with Crippen molar-refractivity contribution in [3.8, 4) is 0 Å². The fraction of sp³-hybridized carbons (Fsp3) is 0.579. The Balaban J connectivity index is 1.01. The lowest BCUT2D eigenvalue weighted by molar-refractivity contribution is -0.142. The molecule has 0 radical (unpaired) electrons. The Hall–Kier alpha value is -4.32. The zero-order valence-electron chi connectivity index (χ0n) is 29.6. The fourth-order valence-corrected chi connectivity index (χ4v) is 8.35. The summed E-state index contributed by atoms with van der Waals surface area (Å²) in [4.78, 5) is 66.7. The first kappa shape index (κ1) is 34.1. The molecule has 2 aromatic carbocycles. The maximum atomic E-state index is 14.2. The number of benzene rings is 2. The summed E-state index contributed by atoms with van der Waals surface area (Å²) in [6, 6.07) is 12.1. The third-order valence-corrected chi connectivity index (χ3v) is 11.6. The van der Waals surface area contributed by atoms with Gasteiger partial charge in [0.2, 0.25) is 0 Å². The Labute approximate surface area is 293 Å². The zero-order chi connectivity index (χ0) is 35.0. The van der Waals surface area contributed by atoms with Crippen LogP contribution in [-0.2, 0) is 22.4 Å². The molecule has 4 amide bonds. The van der Waals surface area contributed by atoms with Gasteiger partial charge in [0, 0.05) is 56.9 Å². The number of rotatable bonds is 6. The molecule has 0 aliphatic carbocycles. The number of aryl methyl sites for hydroxylation is 1. The first-order valence-electron chi connectivity index (χ1n) is 18.4. The zero-order valence-corrected chi connectivity index (χ0v) is 29.6. The van der Waals surface area contributed by atoms with Crippen molar-refractivity contribution in [3.05, 3.63) is 63.6 Å². The summed E-state index contributed by atoms with van der Waals surface area (Å²) in [7, 11) is 0. The van der Waals surface area contributed by atoms with Gasteiger partial charge in [0.1, 0.15) is 0 Å². The van der Waals surface area contributed by atoms with Crippen LogP contribution in [-0.4, -0.2) is 112 Å². The third-order valence-electron chi connectivity index (χ3n) is 11.6. The topological polar surface area (TPSA) is 134 Å². The van der Waals surface area contributed by atoms with Crippen molar-refractivity contribution in [2.24, 2.45) is 5.41 Å². The molecule has 4 aliphatic rings. The largest absolute Gasteiger partial charge is 0.436 e. The normalized spacial score (nSPS) is 21.4. The summed E-state index contributed by atoms with van der Waals surface area (Å²) in [5, 5.41) is 3.05. The van der Waals surface area contributed by atoms with E-state index >= 15 is 0 Å². The number of nitrogens with zero attached hydrogens (tertiary/aromatic N) is 4. The lowest BCUT2D eigenvalue weighted by Crippen LogP contribution is -2.53. The standard InChI is InChI=1S/C38H51N7O5/c1-25-22-26(23-31-33(25)41-35(47)39-31)24-32(34(46)43-15-9-28(10-16-43)42-20-13-38(2,3)14-21-42)50-37(49)44-17-11-29(12-18-44)45-19-8-27-6-4-5-7-30(27)40-36(45)48/h4-7,22-23,28-29,32H,8-21,24H2,1-3H3,(H,40,48)(H2,39,41,47)/t32-/m1/s1. The van der Waals surface area contributed by atoms with Crippen molar-refractivity contribution in [3.63, 3.8) is 0 Å². The van der Waals surface area contributed by atoms with Crippen LogP contribution in [0.4, 0.5) is 15.3 Å². The molecule has 12 nitrogen and oxygen atoms in total. The number of hydrogen-bond donors (Lipinski definition) is 3. The van der Waals surface area contributed by atoms with Crippen molar-refractivity contribution in [1.82, 2.24) is 29.6 Å². The average Bonchev–Trinajstić information content (AvgIpc) is 3.40. The second-order valence-electron chi connectivity index (χ2n) is 15.5. The van der Waals surface area contributed by atoms with Gasteiger partial charge in [-0.1, -0.05) is 38.1 Å². The average molecular weight is 686 g/mol. The summed E-state index contributed by atoms with van der Waals surface area (Å²) in [5.74, 6) is -0.174. The number of para-hydroxylation sites is 1. The van der Waals surface area contributed by atoms with Gasteiger partial charge in [-0.05, 0) is 99.2 Å². The van der Waals surface area contributed by atoms with Crippen LogP contribution < -0.4 is 11.0 Å². The van der Waals surface area contributed by atoms with Gasteiger partial charge in [-0.25, -0.2) is 14.4 Å². The van der Waals surface area contributed by atoms with E-state index in [1.165, 1.54) is 12.8 Å². The van der Waals surface area contributed by atoms with Crippen LogP contribution in [0.1, 0.15) is 69.1 Å². The number of ether oxygens (including phenoxy) is 1. The van der Waals surface area contributed by atoms with Gasteiger partial charge in [0.25, 0.3) is 5.91 Å². The summed E-state index contributed by atoms with van der Waals surface area (Å²) < 4.78 is 6.11. The molecule has 0 spiro atoms. The number of carbonyl (C=O) groups excluding carboxylic acids is 3. The number of urea groups is 1. The number of likely N-dealkylation sites (tertiary alicyclic amines) is 3. The SMILES string of the molecule is Cc1cc(C[C@@H](OC(=O)N2CCC(N3CCc4ccccc4NC3=O)CC2)C(=O)N2CCC(N3CCC(C)(C)CC3)CC2)cc2[nH]c(=O)[nH]c12. The maximum absolute atomic E-state index is 14.2. The molecule has 7 rings (SSSR count). The number of hydrogen-bond acceptors (Lipinski definition) is 6. The van der Waals surface area contributed by atoms with Crippen LogP contribution in [0.2, 0.25) is 0 Å². The number of aromatic nitrogens is 2. The van der Waals surface area contributed by atoms with E-state index in [-0.39, 0.29) is 30.1 Å². The summed E-state index contributed by atoms with van der Waals surface area (Å²) in [5.41, 5.74) is 5.16. The molecule has 3 saturated heterocycles. The number of anilines is 1. The van der Waals surface area contributed by atoms with Gasteiger partial charge in [-0.2, -0.15) is 0 Å². The second-order valence-corrected chi connectivity index (χ2v) is 15.5. The summed E-state index contributed by atoms with van der Waals surface area (Å²) in [6.07, 6.45) is 4.95. The second kappa shape index (κ2) is 14.1. The number of amides is 4. The van der Waals surface area contributed by atoms with E-state index < -0.39 is 12.2 Å². The van der Waals surface area contributed by atoms with Crippen molar-refractivity contribution in [2.75, 3.05) is 51.1 Å². The van der Waals surface area contributed by atoms with Crippen LogP contribution >= 0.6 is 0 Å². The minimum Gasteiger partial charge on any atom is -0.436 e. The first-order valence-corrected chi connectivity index (χ1v) is 18.4. The number of piperidine rings is 3. The Kier molecular flexibility index (Phi) is 9.65. The van der Waals surface area contributed by atoms with Crippen LogP contribution in [0.15, 0.2) is 41.2 Å². The highest BCUT2D eigenvalue weighted by molar-refractivity contribution is 5.91. The molecule has 0 bridgehead atoms. The maximum Gasteiger partial charge on any atom is 0.410 e. The molecule has 5 heterocycles. The molecular formula is C38H51N7O5. The third kappa shape index (κ3) is 7.40. The van der Waals surface area contributed by atoms with Crippen LogP contribution in [0.3, 0.4) is 0 Å². The van der Waals surface area contributed by atoms with E-state index in [4.69, 9.17) is 4.74 Å². The van der Waals surface area contributed by atoms with E-state index in [1.54, 1.807) is 4.90 Å². The number of fused-ring (bicyclic) bond motifs is 2. The highest BCUT2D eigenvalue weighted by atomic mass is 16.6. The number of nitrogens with one attached hydrogen (secondary N) is 3.